The van der Waals surface area contributed by atoms with E-state index in [0.29, 0.717) is 34.5 Å². The monoisotopic (exact) mass is 525 g/mol. The van der Waals surface area contributed by atoms with Crippen molar-refractivity contribution in [2.75, 3.05) is 37.9 Å². The molecule has 0 saturated heterocycles. The molecule has 0 N–H and O–H groups in total. The van der Waals surface area contributed by atoms with Crippen LogP contribution in [0.4, 0.5) is 5.13 Å². The number of halogens is 1. The summed E-state index contributed by atoms with van der Waals surface area (Å²) in [6.45, 7) is 7.61. The molecular formula is C27H28ClN3O4S. The number of carbonyl (C=O) groups is 1. The van der Waals surface area contributed by atoms with E-state index in [1.807, 2.05) is 54.6 Å². The van der Waals surface area contributed by atoms with Crippen LogP contribution in [0.5, 0.6) is 23.0 Å². The molecule has 1 aromatic heterocycles. The fourth-order valence-corrected chi connectivity index (χ4v) is 4.93. The number of thiazole rings is 1. The van der Waals surface area contributed by atoms with E-state index < -0.39 is 0 Å². The molecule has 0 spiro atoms. The third-order valence-electron chi connectivity index (χ3n) is 5.96. The quantitative estimate of drug-likeness (QED) is 0.258. The Hall–Kier alpha value is -3.33. The van der Waals surface area contributed by atoms with Crippen LogP contribution in [0, 0.1) is 0 Å². The summed E-state index contributed by atoms with van der Waals surface area (Å²) in [5.74, 6) is 2.73. The number of benzene rings is 3. The molecule has 3 aromatic carbocycles. The van der Waals surface area contributed by atoms with E-state index in [1.54, 1.807) is 17.0 Å². The summed E-state index contributed by atoms with van der Waals surface area (Å²) < 4.78 is 17.8. The zero-order chi connectivity index (χ0) is 24.2. The molecule has 0 aliphatic carbocycles. The summed E-state index contributed by atoms with van der Waals surface area (Å²) >= 11 is 1.48. The lowest BCUT2D eigenvalue weighted by Crippen LogP contribution is -2.38. The lowest BCUT2D eigenvalue weighted by Gasteiger charge is -2.24. The number of hydrogen-bond donors (Lipinski definition) is 0. The molecule has 0 unspecified atom stereocenters. The van der Waals surface area contributed by atoms with E-state index in [0.717, 1.165) is 35.6 Å². The van der Waals surface area contributed by atoms with E-state index in [-0.39, 0.29) is 25.1 Å². The second-order valence-electron chi connectivity index (χ2n) is 8.09. The highest BCUT2D eigenvalue weighted by Gasteiger charge is 2.24. The Morgan fingerprint density at radius 3 is 2.31 bits per heavy atom. The van der Waals surface area contributed by atoms with Crippen LogP contribution < -0.4 is 19.1 Å². The van der Waals surface area contributed by atoms with Gasteiger partial charge in [0.05, 0.1) is 10.2 Å². The molecule has 7 nitrogen and oxygen atoms in total. The highest BCUT2D eigenvalue weighted by atomic mass is 35.5. The van der Waals surface area contributed by atoms with Crippen molar-refractivity contribution in [2.45, 2.75) is 13.8 Å². The van der Waals surface area contributed by atoms with E-state index in [2.05, 4.69) is 18.7 Å². The second-order valence-corrected chi connectivity index (χ2v) is 9.10. The average molecular weight is 526 g/mol. The molecule has 0 saturated carbocycles. The number of carbonyl (C=O) groups excluding carboxylic acids is 1. The van der Waals surface area contributed by atoms with Crippen molar-refractivity contribution in [3.05, 3.63) is 72.3 Å². The minimum absolute atomic E-state index is 0. The lowest BCUT2D eigenvalue weighted by molar-refractivity contribution is 0.0983. The van der Waals surface area contributed by atoms with Gasteiger partial charge in [0.2, 0.25) is 6.79 Å². The van der Waals surface area contributed by atoms with E-state index in [4.69, 9.17) is 19.2 Å². The SMILES string of the molecule is CCN(CC)CCN(C(=O)c1ccc(Oc2ccccc2)cc1)c1nc2cc3c(cc2s1)OCO3.Cl. The van der Waals surface area contributed by atoms with Crippen molar-refractivity contribution in [3.8, 4) is 23.0 Å². The molecule has 0 fully saturated rings. The molecule has 1 aliphatic rings. The van der Waals surface area contributed by atoms with Gasteiger partial charge in [-0.2, -0.15) is 0 Å². The molecular weight excluding hydrogens is 498 g/mol. The number of likely N-dealkylation sites (N-methyl/N-ethyl adjacent to an activating group) is 1. The molecule has 36 heavy (non-hydrogen) atoms. The van der Waals surface area contributed by atoms with Crippen molar-refractivity contribution >= 4 is 45.0 Å². The first-order chi connectivity index (χ1) is 17.1. The number of ether oxygens (including phenoxy) is 3. The molecule has 0 atom stereocenters. The zero-order valence-electron chi connectivity index (χ0n) is 20.2. The Kier molecular flexibility index (Phi) is 8.30. The number of aromatic nitrogens is 1. The molecule has 1 aliphatic heterocycles. The molecule has 0 radical (unpaired) electrons. The van der Waals surface area contributed by atoms with E-state index in [1.165, 1.54) is 11.3 Å². The summed E-state index contributed by atoms with van der Waals surface area (Å²) in [7, 11) is 0. The maximum absolute atomic E-state index is 13.7. The highest BCUT2D eigenvalue weighted by Crippen LogP contribution is 2.40. The number of anilines is 1. The largest absolute Gasteiger partial charge is 0.457 e. The third kappa shape index (κ3) is 5.56. The Morgan fingerprint density at radius 2 is 1.61 bits per heavy atom. The first kappa shape index (κ1) is 25.8. The maximum Gasteiger partial charge on any atom is 0.260 e. The maximum atomic E-state index is 13.7. The molecule has 5 rings (SSSR count). The van der Waals surface area contributed by atoms with Gasteiger partial charge in [0, 0.05) is 30.8 Å². The minimum Gasteiger partial charge on any atom is -0.457 e. The Bertz CT molecular complexity index is 1270. The first-order valence-electron chi connectivity index (χ1n) is 11.7. The summed E-state index contributed by atoms with van der Waals surface area (Å²) in [5, 5.41) is 0.658. The molecule has 9 heteroatoms. The Balaban J connectivity index is 0.00000304. The summed E-state index contributed by atoms with van der Waals surface area (Å²) in [6, 6.07) is 20.6. The van der Waals surface area contributed by atoms with Crippen LogP contribution >= 0.6 is 23.7 Å². The van der Waals surface area contributed by atoms with Gasteiger partial charge in [-0.15, -0.1) is 12.4 Å². The first-order valence-corrected chi connectivity index (χ1v) is 12.5. The number of amides is 1. The van der Waals surface area contributed by atoms with Crippen molar-refractivity contribution in [3.63, 3.8) is 0 Å². The third-order valence-corrected chi connectivity index (χ3v) is 7.00. The molecule has 188 valence electrons. The van der Waals surface area contributed by atoms with Crippen molar-refractivity contribution in [1.29, 1.82) is 0 Å². The molecule has 2 heterocycles. The van der Waals surface area contributed by atoms with Crippen LogP contribution in [0.25, 0.3) is 10.2 Å². The predicted molar refractivity (Wildman–Crippen MR) is 145 cm³/mol. The number of rotatable bonds is 9. The number of hydrogen-bond acceptors (Lipinski definition) is 7. The fourth-order valence-electron chi connectivity index (χ4n) is 3.93. The standard InChI is InChI=1S/C27H27N3O4S.ClH/c1-3-29(4-2)14-15-30(27-28-22-16-23-24(33-18-32-23)17-25(22)35-27)26(31)19-10-12-21(13-11-19)34-20-8-6-5-7-9-20;/h5-13,16-17H,3-4,14-15,18H2,1-2H3;1H. The lowest BCUT2D eigenvalue weighted by atomic mass is 10.2. The zero-order valence-corrected chi connectivity index (χ0v) is 21.8. The Morgan fingerprint density at radius 1 is 0.944 bits per heavy atom. The van der Waals surface area contributed by atoms with Crippen LogP contribution in [0.2, 0.25) is 0 Å². The van der Waals surface area contributed by atoms with Crippen molar-refractivity contribution in [1.82, 2.24) is 9.88 Å². The van der Waals surface area contributed by atoms with E-state index in [9.17, 15) is 4.79 Å². The van der Waals surface area contributed by atoms with Gasteiger partial charge in [-0.3, -0.25) is 9.69 Å². The van der Waals surface area contributed by atoms with Crippen LogP contribution in [-0.2, 0) is 0 Å². The van der Waals surface area contributed by atoms with Gasteiger partial charge < -0.3 is 19.1 Å². The van der Waals surface area contributed by atoms with Gasteiger partial charge in [-0.25, -0.2) is 4.98 Å². The topological polar surface area (TPSA) is 64.1 Å². The smallest absolute Gasteiger partial charge is 0.260 e. The number of nitrogens with zero attached hydrogens (tertiary/aromatic N) is 3. The van der Waals surface area contributed by atoms with E-state index >= 15 is 0 Å². The summed E-state index contributed by atoms with van der Waals surface area (Å²) in [5.41, 5.74) is 1.37. The van der Waals surface area contributed by atoms with Gasteiger partial charge in [0.25, 0.3) is 5.91 Å². The van der Waals surface area contributed by atoms with Gasteiger partial charge >= 0.3 is 0 Å². The van der Waals surface area contributed by atoms with Crippen molar-refractivity contribution < 1.29 is 19.0 Å². The van der Waals surface area contributed by atoms with Crippen LogP contribution in [0.15, 0.2) is 66.7 Å². The van der Waals surface area contributed by atoms with Gasteiger partial charge in [-0.1, -0.05) is 43.4 Å². The van der Waals surface area contributed by atoms with Crippen molar-refractivity contribution in [2.24, 2.45) is 0 Å². The summed E-state index contributed by atoms with van der Waals surface area (Å²) in [4.78, 5) is 22.5. The molecule has 1 amide bonds. The predicted octanol–water partition coefficient (Wildman–Crippen LogP) is 6.23. The van der Waals surface area contributed by atoms with Gasteiger partial charge in [0.15, 0.2) is 16.6 Å². The highest BCUT2D eigenvalue weighted by molar-refractivity contribution is 7.22. The van der Waals surface area contributed by atoms with Gasteiger partial charge in [0.1, 0.15) is 11.5 Å². The number of fused-ring (bicyclic) bond motifs is 2. The minimum atomic E-state index is -0.0949. The Labute approximate surface area is 220 Å². The molecule has 4 aromatic rings. The van der Waals surface area contributed by atoms with Crippen LogP contribution in [-0.4, -0.2) is 48.8 Å². The fraction of sp³-hybridized carbons (Fsp3) is 0.259. The van der Waals surface area contributed by atoms with Crippen LogP contribution in [0.3, 0.4) is 0 Å². The second kappa shape index (κ2) is 11.6. The molecule has 0 bridgehead atoms. The summed E-state index contributed by atoms with van der Waals surface area (Å²) in [6.07, 6.45) is 0. The normalized spacial score (nSPS) is 12.0. The number of para-hydroxylation sites is 1. The average Bonchev–Trinajstić information content (AvgIpc) is 3.52. The van der Waals surface area contributed by atoms with Gasteiger partial charge in [-0.05, 0) is 49.5 Å². The van der Waals surface area contributed by atoms with Crippen LogP contribution in [0.1, 0.15) is 24.2 Å².